The Labute approximate surface area is 624 Å². The lowest BCUT2D eigenvalue weighted by Gasteiger charge is -2.21. The molecule has 0 amide bonds. The van der Waals surface area contributed by atoms with E-state index < -0.39 is 97.5 Å². The normalized spacial score (nSPS) is 14.3. The maximum Gasteiger partial charge on any atom is 0.472 e. The number of phosphoric ester groups is 2. The third kappa shape index (κ3) is 74.4. The van der Waals surface area contributed by atoms with Gasteiger partial charge in [-0.25, -0.2) is 9.13 Å². The van der Waals surface area contributed by atoms with Gasteiger partial charge < -0.3 is 33.8 Å². The van der Waals surface area contributed by atoms with Crippen molar-refractivity contribution in [3.05, 3.63) is 24.3 Å². The molecule has 19 heteroatoms. The number of ether oxygens (including phenoxy) is 4. The third-order valence-corrected chi connectivity index (χ3v) is 21.1. The fraction of sp³-hybridized carbons (Fsp3) is 0.904. The average Bonchev–Trinajstić information content (AvgIpc) is 0.915. The molecule has 0 spiro atoms. The summed E-state index contributed by atoms with van der Waals surface area (Å²) >= 11 is 0. The number of rotatable bonds is 80. The van der Waals surface area contributed by atoms with Crippen LogP contribution >= 0.6 is 15.6 Å². The Hall–Kier alpha value is -2.46. The van der Waals surface area contributed by atoms with Gasteiger partial charge in [-0.3, -0.25) is 37.3 Å². The predicted molar refractivity (Wildman–Crippen MR) is 418 cm³/mol. The van der Waals surface area contributed by atoms with E-state index >= 15 is 0 Å². The first-order chi connectivity index (χ1) is 49.4. The van der Waals surface area contributed by atoms with Crippen LogP contribution in [0, 0.1) is 11.8 Å². The Bertz CT molecular complexity index is 2060. The highest BCUT2D eigenvalue weighted by atomic mass is 31.2. The molecule has 0 bridgehead atoms. The van der Waals surface area contributed by atoms with Gasteiger partial charge in [0.05, 0.1) is 26.4 Å². The van der Waals surface area contributed by atoms with Crippen molar-refractivity contribution in [1.82, 2.24) is 0 Å². The van der Waals surface area contributed by atoms with Crippen LogP contribution in [-0.4, -0.2) is 96.7 Å². The number of hydrogen-bond acceptors (Lipinski definition) is 15. The molecule has 3 unspecified atom stereocenters. The van der Waals surface area contributed by atoms with Gasteiger partial charge in [0.1, 0.15) is 19.3 Å². The Morgan fingerprint density at radius 3 is 0.882 bits per heavy atom. The predicted octanol–water partition coefficient (Wildman–Crippen LogP) is 24.6. The number of esters is 4. The van der Waals surface area contributed by atoms with E-state index in [0.29, 0.717) is 25.7 Å². The molecule has 0 rings (SSSR count). The van der Waals surface area contributed by atoms with E-state index in [2.05, 4.69) is 65.8 Å². The largest absolute Gasteiger partial charge is 0.472 e. The Morgan fingerprint density at radius 1 is 0.324 bits per heavy atom. The van der Waals surface area contributed by atoms with Crippen molar-refractivity contribution in [1.29, 1.82) is 0 Å². The Kier molecular flexibility index (Phi) is 72.2. The van der Waals surface area contributed by atoms with Crippen molar-refractivity contribution in [2.75, 3.05) is 39.6 Å². The van der Waals surface area contributed by atoms with Gasteiger partial charge in [0, 0.05) is 25.7 Å². The van der Waals surface area contributed by atoms with Crippen molar-refractivity contribution in [2.45, 2.75) is 432 Å². The number of carbonyl (C=O) groups excluding carboxylic acids is 4. The van der Waals surface area contributed by atoms with Crippen LogP contribution in [0.25, 0.3) is 0 Å². The minimum absolute atomic E-state index is 0.0848. The molecule has 0 fully saturated rings. The van der Waals surface area contributed by atoms with Gasteiger partial charge in [-0.2, -0.15) is 0 Å². The van der Waals surface area contributed by atoms with Crippen molar-refractivity contribution in [2.24, 2.45) is 11.8 Å². The molecule has 0 aliphatic heterocycles. The molecule has 0 aromatic heterocycles. The summed E-state index contributed by atoms with van der Waals surface area (Å²) in [5.74, 6) is -0.467. The summed E-state index contributed by atoms with van der Waals surface area (Å²) in [6.45, 7) is 9.63. The molecule has 0 aromatic carbocycles. The highest BCUT2D eigenvalue weighted by molar-refractivity contribution is 7.47. The number of phosphoric acid groups is 2. The van der Waals surface area contributed by atoms with E-state index in [0.717, 1.165) is 127 Å². The zero-order valence-electron chi connectivity index (χ0n) is 66.4. The molecule has 6 atom stereocenters. The summed E-state index contributed by atoms with van der Waals surface area (Å²) in [4.78, 5) is 72.9. The summed E-state index contributed by atoms with van der Waals surface area (Å²) in [5.41, 5.74) is 0. The van der Waals surface area contributed by atoms with E-state index in [4.69, 9.17) is 37.0 Å². The van der Waals surface area contributed by atoms with Crippen LogP contribution in [0.5, 0.6) is 0 Å². The summed E-state index contributed by atoms with van der Waals surface area (Å²) in [5, 5.41) is 10.6. The lowest BCUT2D eigenvalue weighted by Crippen LogP contribution is -2.30. The van der Waals surface area contributed by atoms with Gasteiger partial charge in [0.15, 0.2) is 12.2 Å². The second kappa shape index (κ2) is 74.0. The SMILES string of the molecule is CCCCCC/C=C\C=C/CCCCCCCC(=O)O[C@H](COC(=O)CCCCCCCCC)COP(=O)(O)OC[C@H](O)COP(=O)(O)OC[C@@H](COC(=O)CCCCCCCCCCCCCCCCCC(C)C)OC(=O)CCCCCCCCCCCCCCCCCCCCC(C)CC. The number of aliphatic hydroxyl groups excluding tert-OH is 1. The van der Waals surface area contributed by atoms with E-state index in [1.807, 2.05) is 0 Å². The highest BCUT2D eigenvalue weighted by Crippen LogP contribution is 2.45. The molecule has 0 saturated carbocycles. The van der Waals surface area contributed by atoms with Crippen molar-refractivity contribution in [3.63, 3.8) is 0 Å². The average molecular weight is 1490 g/mol. The molecule has 0 aliphatic carbocycles. The molecule has 0 heterocycles. The smallest absolute Gasteiger partial charge is 0.462 e. The van der Waals surface area contributed by atoms with Crippen LogP contribution in [0.15, 0.2) is 24.3 Å². The van der Waals surface area contributed by atoms with E-state index in [9.17, 15) is 43.2 Å². The molecule has 0 aliphatic rings. The topological polar surface area (TPSA) is 237 Å². The van der Waals surface area contributed by atoms with Crippen LogP contribution in [0.2, 0.25) is 0 Å². The van der Waals surface area contributed by atoms with Gasteiger partial charge in [0.2, 0.25) is 0 Å². The van der Waals surface area contributed by atoms with Crippen molar-refractivity contribution in [3.8, 4) is 0 Å². The van der Waals surface area contributed by atoms with E-state index in [1.54, 1.807) is 0 Å². The third-order valence-electron chi connectivity index (χ3n) is 19.2. The van der Waals surface area contributed by atoms with Crippen LogP contribution in [-0.2, 0) is 65.4 Å². The lowest BCUT2D eigenvalue weighted by atomic mass is 9.99. The summed E-state index contributed by atoms with van der Waals surface area (Å²) in [6, 6.07) is 0. The standard InChI is InChI=1S/C83H158O17P2/c1-7-10-12-14-16-17-18-19-25-33-38-43-49-55-61-67-82(87)99-78(71-93-80(85)65-59-53-45-15-13-11-8-2)73-97-101(89,90)95-69-77(84)70-96-102(91,92)98-74-79(72-94-81(86)66-60-54-48-42-37-32-29-24-26-30-35-40-46-51-57-63-75(4)5)100-83(88)68-62-56-50-44-39-34-28-23-21-20-22-27-31-36-41-47-52-58-64-76(6)9-3/h17-19,25,75-79,84H,7-16,20-24,26-74H2,1-6H3,(H,89,90)(H,91,92)/b18-17-,25-19-/t76?,77-,78+,79+/m0/s1. The van der Waals surface area contributed by atoms with Gasteiger partial charge in [-0.15, -0.1) is 0 Å². The van der Waals surface area contributed by atoms with Crippen molar-refractivity contribution >= 4 is 39.5 Å². The van der Waals surface area contributed by atoms with Gasteiger partial charge in [0.25, 0.3) is 0 Å². The zero-order chi connectivity index (χ0) is 74.9. The fourth-order valence-electron chi connectivity index (χ4n) is 12.3. The molecule has 17 nitrogen and oxygen atoms in total. The molecule has 3 N–H and O–H groups in total. The lowest BCUT2D eigenvalue weighted by molar-refractivity contribution is -0.161. The maximum absolute atomic E-state index is 13.1. The zero-order valence-corrected chi connectivity index (χ0v) is 68.2. The molecule has 0 saturated heterocycles. The molecule has 0 aromatic rings. The molecule has 0 radical (unpaired) electrons. The summed E-state index contributed by atoms with van der Waals surface area (Å²) < 4.78 is 68.6. The van der Waals surface area contributed by atoms with Crippen LogP contribution in [0.4, 0.5) is 0 Å². The first kappa shape index (κ1) is 99.5. The highest BCUT2D eigenvalue weighted by Gasteiger charge is 2.30. The summed E-state index contributed by atoms with van der Waals surface area (Å²) in [7, 11) is -9.93. The van der Waals surface area contributed by atoms with Gasteiger partial charge in [-0.1, -0.05) is 361 Å². The molecule has 102 heavy (non-hydrogen) atoms. The number of hydrogen-bond donors (Lipinski definition) is 3. The Morgan fingerprint density at radius 2 is 0.578 bits per heavy atom. The number of allylic oxidation sites excluding steroid dienone is 4. The summed E-state index contributed by atoms with van der Waals surface area (Å²) in [6.07, 6.45) is 67.6. The monoisotopic (exact) mass is 1490 g/mol. The first-order valence-corrected chi connectivity index (χ1v) is 45.3. The maximum atomic E-state index is 13.1. The number of carbonyl (C=O) groups is 4. The van der Waals surface area contributed by atoms with Crippen LogP contribution in [0.1, 0.15) is 414 Å². The quantitative estimate of drug-likeness (QED) is 0.0169. The van der Waals surface area contributed by atoms with Gasteiger partial charge >= 0.3 is 39.5 Å². The van der Waals surface area contributed by atoms with E-state index in [-0.39, 0.29) is 25.7 Å². The van der Waals surface area contributed by atoms with Crippen molar-refractivity contribution < 1.29 is 80.2 Å². The fourth-order valence-corrected chi connectivity index (χ4v) is 13.9. The number of aliphatic hydroxyl groups is 1. The second-order valence-corrected chi connectivity index (χ2v) is 32.8. The second-order valence-electron chi connectivity index (χ2n) is 29.9. The Balaban J connectivity index is 5.20. The molecule has 602 valence electrons. The molecular formula is C83H158O17P2. The van der Waals surface area contributed by atoms with Gasteiger partial charge in [-0.05, 0) is 63.2 Å². The van der Waals surface area contributed by atoms with Crippen LogP contribution in [0.3, 0.4) is 0 Å². The molecular weight excluding hydrogens is 1330 g/mol. The first-order valence-electron chi connectivity index (χ1n) is 42.3. The minimum Gasteiger partial charge on any atom is -0.462 e. The minimum atomic E-state index is -4.97. The number of unbranched alkanes of at least 4 members (excludes halogenated alkanes) is 46. The van der Waals surface area contributed by atoms with E-state index in [1.165, 1.54) is 205 Å². The van der Waals surface area contributed by atoms with Crippen LogP contribution < -0.4 is 0 Å².